The number of nitrogens with zero attached hydrogens (tertiary/aromatic N) is 5. The van der Waals surface area contributed by atoms with Crippen LogP contribution in [0.1, 0.15) is 34.6 Å². The molecule has 4 rings (SSSR count). The highest BCUT2D eigenvalue weighted by Crippen LogP contribution is 2.36. The number of carbonyl (C=O) groups excluding carboxylic acids is 1. The second-order valence-corrected chi connectivity index (χ2v) is 6.55. The summed E-state index contributed by atoms with van der Waals surface area (Å²) in [5, 5.41) is 3.69. The lowest BCUT2D eigenvalue weighted by Gasteiger charge is -2.28. The molecule has 0 saturated carbocycles. The fourth-order valence-electron chi connectivity index (χ4n) is 3.63. The number of nitrogen functional groups attached to an aromatic ring is 1. The molecule has 1 amide bonds. The molecule has 7 nitrogen and oxygen atoms in total. The summed E-state index contributed by atoms with van der Waals surface area (Å²) in [5.41, 5.74) is 7.09. The van der Waals surface area contributed by atoms with Gasteiger partial charge in [0.1, 0.15) is 6.54 Å². The zero-order chi connectivity index (χ0) is 18.5. The molecule has 0 bridgehead atoms. The Balaban J connectivity index is 1.55. The van der Waals surface area contributed by atoms with Gasteiger partial charge in [-0.25, -0.2) is 9.97 Å². The highest BCUT2D eigenvalue weighted by molar-refractivity contribution is 5.76. The van der Waals surface area contributed by atoms with Crippen LogP contribution in [-0.2, 0) is 43.3 Å². The van der Waals surface area contributed by atoms with Gasteiger partial charge in [0.25, 0.3) is 0 Å². The second-order valence-electron chi connectivity index (χ2n) is 6.55. The summed E-state index contributed by atoms with van der Waals surface area (Å²) in [5.74, 6) is -0.142. The van der Waals surface area contributed by atoms with E-state index in [1.54, 1.807) is 11.1 Å². The van der Waals surface area contributed by atoms with Crippen LogP contribution in [0, 0.1) is 0 Å². The summed E-state index contributed by atoms with van der Waals surface area (Å²) in [6.07, 6.45) is -0.745. The first-order chi connectivity index (χ1) is 12.3. The Labute approximate surface area is 147 Å². The number of fused-ring (bicyclic) bond motifs is 2. The SMILES string of the molecule is Nc1ncc2c(n1)CN(C(=O)Cn1nc(C(F)(F)F)c3c1CCC3)CC2. The van der Waals surface area contributed by atoms with Crippen molar-refractivity contribution >= 4 is 11.9 Å². The fraction of sp³-hybridized carbons (Fsp3) is 0.500. The molecule has 26 heavy (non-hydrogen) atoms. The Morgan fingerprint density at radius 1 is 1.27 bits per heavy atom. The Morgan fingerprint density at radius 3 is 2.85 bits per heavy atom. The lowest BCUT2D eigenvalue weighted by molar-refractivity contribution is -0.142. The molecule has 2 aromatic heterocycles. The predicted octanol–water partition coefficient (Wildman–Crippen LogP) is 1.35. The number of halogens is 3. The minimum Gasteiger partial charge on any atom is -0.368 e. The standard InChI is InChI=1S/C16H17F3N6O/c17-16(18,19)14-10-2-1-3-12(10)25(23-14)8-13(26)24-5-4-9-6-21-15(20)22-11(9)7-24/h6H,1-5,7-8H2,(H2,20,21,22). The van der Waals surface area contributed by atoms with Crippen molar-refractivity contribution < 1.29 is 18.0 Å². The van der Waals surface area contributed by atoms with E-state index in [1.807, 2.05) is 0 Å². The molecular formula is C16H17F3N6O. The van der Waals surface area contributed by atoms with Gasteiger partial charge in [-0.1, -0.05) is 0 Å². The average molecular weight is 366 g/mol. The van der Waals surface area contributed by atoms with Crippen LogP contribution in [0.5, 0.6) is 0 Å². The molecule has 2 N–H and O–H groups in total. The number of hydrogen-bond donors (Lipinski definition) is 1. The largest absolute Gasteiger partial charge is 0.435 e. The number of rotatable bonds is 2. The highest BCUT2D eigenvalue weighted by Gasteiger charge is 2.40. The van der Waals surface area contributed by atoms with Crippen molar-refractivity contribution in [3.63, 3.8) is 0 Å². The molecule has 2 aliphatic rings. The Hall–Kier alpha value is -2.65. The van der Waals surface area contributed by atoms with Crippen LogP contribution >= 0.6 is 0 Å². The van der Waals surface area contributed by atoms with Crippen molar-refractivity contribution in [3.05, 3.63) is 34.4 Å². The molecule has 0 fully saturated rings. The van der Waals surface area contributed by atoms with Crippen molar-refractivity contribution in [2.24, 2.45) is 0 Å². The molecule has 0 atom stereocenters. The minimum atomic E-state index is -4.50. The first-order valence-corrected chi connectivity index (χ1v) is 8.36. The Kier molecular flexibility index (Phi) is 3.85. The van der Waals surface area contributed by atoms with E-state index in [1.165, 1.54) is 4.68 Å². The number of carbonyl (C=O) groups is 1. The predicted molar refractivity (Wildman–Crippen MR) is 84.8 cm³/mol. The number of amides is 1. The third kappa shape index (κ3) is 2.89. The Morgan fingerprint density at radius 2 is 2.08 bits per heavy atom. The van der Waals surface area contributed by atoms with Crippen molar-refractivity contribution in [2.75, 3.05) is 12.3 Å². The van der Waals surface area contributed by atoms with Gasteiger partial charge < -0.3 is 10.6 Å². The van der Waals surface area contributed by atoms with Gasteiger partial charge in [-0.15, -0.1) is 0 Å². The molecule has 0 aromatic carbocycles. The minimum absolute atomic E-state index is 0.137. The van der Waals surface area contributed by atoms with Gasteiger partial charge in [0.2, 0.25) is 11.9 Å². The van der Waals surface area contributed by atoms with Crippen molar-refractivity contribution in [1.82, 2.24) is 24.6 Å². The molecule has 3 heterocycles. The lowest BCUT2D eigenvalue weighted by atomic mass is 10.1. The van der Waals surface area contributed by atoms with Crippen LogP contribution < -0.4 is 5.73 Å². The van der Waals surface area contributed by atoms with Gasteiger partial charge >= 0.3 is 6.18 Å². The van der Waals surface area contributed by atoms with E-state index in [0.717, 1.165) is 5.56 Å². The van der Waals surface area contributed by atoms with E-state index in [0.29, 0.717) is 43.6 Å². The molecule has 1 aliphatic carbocycles. The molecular weight excluding hydrogens is 349 g/mol. The van der Waals surface area contributed by atoms with Crippen LogP contribution in [0.2, 0.25) is 0 Å². The third-order valence-corrected chi connectivity index (χ3v) is 4.88. The molecule has 1 aliphatic heterocycles. The molecule has 0 radical (unpaired) electrons. The van der Waals surface area contributed by atoms with Crippen molar-refractivity contribution in [1.29, 1.82) is 0 Å². The third-order valence-electron chi connectivity index (χ3n) is 4.88. The van der Waals surface area contributed by atoms with E-state index in [-0.39, 0.29) is 30.5 Å². The fourth-order valence-corrected chi connectivity index (χ4v) is 3.63. The quantitative estimate of drug-likeness (QED) is 0.867. The topological polar surface area (TPSA) is 89.9 Å². The number of alkyl halides is 3. The highest BCUT2D eigenvalue weighted by atomic mass is 19.4. The summed E-state index contributed by atoms with van der Waals surface area (Å²) >= 11 is 0. The molecule has 0 spiro atoms. The number of hydrogen-bond acceptors (Lipinski definition) is 5. The van der Waals surface area contributed by atoms with Gasteiger partial charge in [0.15, 0.2) is 5.69 Å². The van der Waals surface area contributed by atoms with Gasteiger partial charge in [-0.3, -0.25) is 9.48 Å². The summed E-state index contributed by atoms with van der Waals surface area (Å²) in [6.45, 7) is 0.541. The van der Waals surface area contributed by atoms with Gasteiger partial charge in [0.05, 0.1) is 12.2 Å². The van der Waals surface area contributed by atoms with Crippen LogP contribution in [-0.4, -0.2) is 37.1 Å². The van der Waals surface area contributed by atoms with Crippen molar-refractivity contribution in [3.8, 4) is 0 Å². The first kappa shape index (κ1) is 16.8. The number of nitrogens with two attached hydrogens (primary N) is 1. The average Bonchev–Trinajstić information content (AvgIpc) is 3.17. The summed E-state index contributed by atoms with van der Waals surface area (Å²) in [7, 11) is 0. The molecule has 0 saturated heterocycles. The van der Waals surface area contributed by atoms with Crippen LogP contribution in [0.15, 0.2) is 6.20 Å². The maximum Gasteiger partial charge on any atom is 0.435 e. The maximum absolute atomic E-state index is 13.2. The second kappa shape index (κ2) is 5.96. The van der Waals surface area contributed by atoms with Crippen LogP contribution in [0.25, 0.3) is 0 Å². The molecule has 138 valence electrons. The lowest BCUT2D eigenvalue weighted by Crippen LogP contribution is -2.39. The van der Waals surface area contributed by atoms with E-state index in [2.05, 4.69) is 15.1 Å². The number of anilines is 1. The zero-order valence-electron chi connectivity index (χ0n) is 13.9. The van der Waals surface area contributed by atoms with Gasteiger partial charge in [-0.2, -0.15) is 18.3 Å². The monoisotopic (exact) mass is 366 g/mol. The smallest absolute Gasteiger partial charge is 0.368 e. The summed E-state index contributed by atoms with van der Waals surface area (Å²) in [4.78, 5) is 22.3. The first-order valence-electron chi connectivity index (χ1n) is 8.36. The van der Waals surface area contributed by atoms with Crippen LogP contribution in [0.4, 0.5) is 19.1 Å². The van der Waals surface area contributed by atoms with E-state index < -0.39 is 11.9 Å². The molecule has 0 unspecified atom stereocenters. The van der Waals surface area contributed by atoms with E-state index >= 15 is 0 Å². The van der Waals surface area contributed by atoms with Crippen LogP contribution in [0.3, 0.4) is 0 Å². The normalized spacial score (nSPS) is 16.5. The molecule has 2 aromatic rings. The number of aromatic nitrogens is 4. The van der Waals surface area contributed by atoms with Gasteiger partial charge in [-0.05, 0) is 31.2 Å². The van der Waals surface area contributed by atoms with E-state index in [4.69, 9.17) is 5.73 Å². The maximum atomic E-state index is 13.2. The van der Waals surface area contributed by atoms with E-state index in [9.17, 15) is 18.0 Å². The zero-order valence-corrected chi connectivity index (χ0v) is 13.9. The Bertz CT molecular complexity index is 876. The van der Waals surface area contributed by atoms with Gasteiger partial charge in [0, 0.05) is 24.0 Å². The summed E-state index contributed by atoms with van der Waals surface area (Å²) < 4.78 is 40.7. The summed E-state index contributed by atoms with van der Waals surface area (Å²) in [6, 6.07) is 0. The molecule has 10 heteroatoms. The van der Waals surface area contributed by atoms with Crippen molar-refractivity contribution in [2.45, 2.75) is 44.9 Å².